The van der Waals surface area contributed by atoms with Crippen molar-refractivity contribution in [2.75, 3.05) is 0 Å². The highest BCUT2D eigenvalue weighted by Crippen LogP contribution is 2.33. The van der Waals surface area contributed by atoms with Crippen molar-refractivity contribution >= 4 is 5.78 Å². The molecule has 0 saturated heterocycles. The third-order valence-electron chi connectivity index (χ3n) is 3.61. The van der Waals surface area contributed by atoms with Crippen molar-refractivity contribution in [2.24, 2.45) is 0 Å². The molecule has 1 saturated carbocycles. The molecule has 2 rings (SSSR count). The Morgan fingerprint density at radius 1 is 1.22 bits per heavy atom. The van der Waals surface area contributed by atoms with Crippen molar-refractivity contribution in [3.63, 3.8) is 0 Å². The van der Waals surface area contributed by atoms with Crippen LogP contribution in [-0.2, 0) is 0 Å². The molecule has 1 aliphatic rings. The van der Waals surface area contributed by atoms with Crippen LogP contribution in [0.25, 0.3) is 0 Å². The van der Waals surface area contributed by atoms with E-state index in [9.17, 15) is 18.7 Å². The van der Waals surface area contributed by atoms with Crippen LogP contribution in [0.2, 0.25) is 0 Å². The van der Waals surface area contributed by atoms with Crippen molar-refractivity contribution < 1.29 is 18.7 Å². The Morgan fingerprint density at radius 2 is 1.83 bits per heavy atom. The van der Waals surface area contributed by atoms with Gasteiger partial charge in [-0.3, -0.25) is 4.79 Å². The normalized spacial score (nSPS) is 18.7. The lowest BCUT2D eigenvalue weighted by molar-refractivity contribution is 0.0108. The van der Waals surface area contributed by atoms with Gasteiger partial charge in [-0.15, -0.1) is 0 Å². The summed E-state index contributed by atoms with van der Waals surface area (Å²) in [6.45, 7) is 1.47. The molecule has 18 heavy (non-hydrogen) atoms. The molecule has 1 aromatic carbocycles. The summed E-state index contributed by atoms with van der Waals surface area (Å²) in [5.41, 5.74) is -1.99. The number of rotatable bonds is 2. The Bertz CT molecular complexity index is 477. The Hall–Kier alpha value is -1.29. The molecular weight excluding hydrogens is 238 g/mol. The molecule has 0 heterocycles. The van der Waals surface area contributed by atoms with Crippen LogP contribution in [0.5, 0.6) is 0 Å². The monoisotopic (exact) mass is 254 g/mol. The predicted molar refractivity (Wildman–Crippen MR) is 63.5 cm³/mol. The number of Topliss-reactive ketones (excluding diaryl/α,β-unsaturated/α-hetero) is 1. The summed E-state index contributed by atoms with van der Waals surface area (Å²) in [7, 11) is 0. The molecule has 1 aliphatic carbocycles. The lowest BCUT2D eigenvalue weighted by Crippen LogP contribution is -2.41. The number of carbonyl (C=O) groups is 1. The molecule has 0 amide bonds. The van der Waals surface area contributed by atoms with E-state index in [1.54, 1.807) is 0 Å². The minimum Gasteiger partial charge on any atom is -0.382 e. The van der Waals surface area contributed by atoms with Gasteiger partial charge in [-0.25, -0.2) is 8.78 Å². The van der Waals surface area contributed by atoms with E-state index in [0.29, 0.717) is 12.8 Å². The first kappa shape index (κ1) is 13.1. The van der Waals surface area contributed by atoms with Gasteiger partial charge in [-0.2, -0.15) is 0 Å². The van der Waals surface area contributed by atoms with Gasteiger partial charge in [-0.05, 0) is 31.4 Å². The minimum atomic E-state index is -1.60. The van der Waals surface area contributed by atoms with Crippen LogP contribution < -0.4 is 0 Å². The number of benzene rings is 1. The number of ketones is 1. The fourth-order valence-corrected chi connectivity index (χ4v) is 2.46. The standard InChI is InChI=1S/C14H16F2O2/c1-9-5-6-10(15)11(12(9)16)13(17)14(18)7-3-2-4-8-14/h5-6,18H,2-4,7-8H2,1H3. The summed E-state index contributed by atoms with van der Waals surface area (Å²) in [6.07, 6.45) is 2.90. The van der Waals surface area contributed by atoms with Gasteiger partial charge < -0.3 is 5.11 Å². The van der Waals surface area contributed by atoms with Crippen molar-refractivity contribution in [2.45, 2.75) is 44.6 Å². The summed E-state index contributed by atoms with van der Waals surface area (Å²) in [6, 6.07) is 2.35. The average molecular weight is 254 g/mol. The maximum absolute atomic E-state index is 13.9. The van der Waals surface area contributed by atoms with Gasteiger partial charge in [0.15, 0.2) is 5.78 Å². The zero-order valence-corrected chi connectivity index (χ0v) is 10.3. The summed E-state index contributed by atoms with van der Waals surface area (Å²) < 4.78 is 27.5. The quantitative estimate of drug-likeness (QED) is 0.823. The molecule has 1 fully saturated rings. The molecule has 4 heteroatoms. The van der Waals surface area contributed by atoms with E-state index >= 15 is 0 Å². The number of carbonyl (C=O) groups excluding carboxylic acids is 1. The minimum absolute atomic E-state index is 0.208. The highest BCUT2D eigenvalue weighted by atomic mass is 19.1. The highest BCUT2D eigenvalue weighted by Gasteiger charge is 2.40. The van der Waals surface area contributed by atoms with Gasteiger partial charge in [0.1, 0.15) is 17.2 Å². The molecule has 0 aromatic heterocycles. The van der Waals surface area contributed by atoms with Crippen molar-refractivity contribution in [3.05, 3.63) is 34.9 Å². The van der Waals surface area contributed by atoms with Crippen LogP contribution in [0.15, 0.2) is 12.1 Å². The second-order valence-electron chi connectivity index (χ2n) is 4.97. The topological polar surface area (TPSA) is 37.3 Å². The van der Waals surface area contributed by atoms with Crippen LogP contribution >= 0.6 is 0 Å². The summed E-state index contributed by atoms with van der Waals surface area (Å²) in [5, 5.41) is 10.3. The molecule has 0 unspecified atom stereocenters. The Labute approximate surface area is 105 Å². The molecule has 98 valence electrons. The smallest absolute Gasteiger partial charge is 0.200 e. The van der Waals surface area contributed by atoms with E-state index in [2.05, 4.69) is 0 Å². The van der Waals surface area contributed by atoms with Crippen LogP contribution in [0.4, 0.5) is 8.78 Å². The molecule has 0 radical (unpaired) electrons. The van der Waals surface area contributed by atoms with E-state index in [1.165, 1.54) is 13.0 Å². The second kappa shape index (κ2) is 4.76. The fourth-order valence-electron chi connectivity index (χ4n) is 2.46. The van der Waals surface area contributed by atoms with E-state index in [1.807, 2.05) is 0 Å². The SMILES string of the molecule is Cc1ccc(F)c(C(=O)C2(O)CCCCC2)c1F. The average Bonchev–Trinajstić information content (AvgIpc) is 2.35. The van der Waals surface area contributed by atoms with E-state index in [0.717, 1.165) is 12.5 Å². The van der Waals surface area contributed by atoms with Gasteiger partial charge in [-0.1, -0.05) is 25.3 Å². The van der Waals surface area contributed by atoms with Gasteiger partial charge in [0, 0.05) is 0 Å². The van der Waals surface area contributed by atoms with Crippen molar-refractivity contribution in [1.29, 1.82) is 0 Å². The fraction of sp³-hybridized carbons (Fsp3) is 0.500. The van der Waals surface area contributed by atoms with Crippen LogP contribution in [0.1, 0.15) is 48.0 Å². The molecule has 2 nitrogen and oxygen atoms in total. The largest absolute Gasteiger partial charge is 0.382 e. The third-order valence-corrected chi connectivity index (χ3v) is 3.61. The molecular formula is C14H16F2O2. The number of aryl methyl sites for hydroxylation is 1. The van der Waals surface area contributed by atoms with Gasteiger partial charge in [0.25, 0.3) is 0 Å². The van der Waals surface area contributed by atoms with Crippen LogP contribution in [0, 0.1) is 18.6 Å². The van der Waals surface area contributed by atoms with Gasteiger partial charge in [0.05, 0.1) is 5.56 Å². The third kappa shape index (κ3) is 2.17. The highest BCUT2D eigenvalue weighted by molar-refractivity contribution is 6.03. The molecule has 0 bridgehead atoms. The molecule has 0 spiro atoms. The Balaban J connectivity index is 2.42. The molecule has 1 N–H and O–H groups in total. The Kier molecular flexibility index (Phi) is 3.48. The molecule has 1 aromatic rings. The zero-order chi connectivity index (χ0) is 13.3. The second-order valence-corrected chi connectivity index (χ2v) is 4.97. The van der Waals surface area contributed by atoms with Crippen LogP contribution in [-0.4, -0.2) is 16.5 Å². The molecule has 0 aliphatic heterocycles. The first-order chi connectivity index (χ1) is 8.46. The first-order valence-electron chi connectivity index (χ1n) is 6.17. The zero-order valence-electron chi connectivity index (χ0n) is 10.3. The van der Waals surface area contributed by atoms with E-state index in [-0.39, 0.29) is 18.4 Å². The predicted octanol–water partition coefficient (Wildman–Crippen LogP) is 3.15. The summed E-state index contributed by atoms with van der Waals surface area (Å²) in [4.78, 5) is 12.2. The number of aliphatic hydroxyl groups is 1. The van der Waals surface area contributed by atoms with Crippen molar-refractivity contribution in [3.8, 4) is 0 Å². The Morgan fingerprint density at radius 3 is 2.44 bits per heavy atom. The van der Waals surface area contributed by atoms with E-state index < -0.39 is 28.6 Å². The number of halogens is 2. The van der Waals surface area contributed by atoms with Gasteiger partial charge >= 0.3 is 0 Å². The lowest BCUT2D eigenvalue weighted by Gasteiger charge is -2.30. The first-order valence-corrected chi connectivity index (χ1v) is 6.17. The molecule has 0 atom stereocenters. The van der Waals surface area contributed by atoms with Crippen molar-refractivity contribution in [1.82, 2.24) is 0 Å². The number of hydrogen-bond donors (Lipinski definition) is 1. The summed E-state index contributed by atoms with van der Waals surface area (Å²) in [5.74, 6) is -2.58. The maximum atomic E-state index is 13.9. The van der Waals surface area contributed by atoms with Crippen LogP contribution in [0.3, 0.4) is 0 Å². The van der Waals surface area contributed by atoms with Gasteiger partial charge in [0.2, 0.25) is 0 Å². The lowest BCUT2D eigenvalue weighted by atomic mass is 9.79. The summed E-state index contributed by atoms with van der Waals surface area (Å²) >= 11 is 0. The number of hydrogen-bond acceptors (Lipinski definition) is 2. The maximum Gasteiger partial charge on any atom is 0.200 e. The van der Waals surface area contributed by atoms with E-state index in [4.69, 9.17) is 0 Å².